The summed E-state index contributed by atoms with van der Waals surface area (Å²) < 4.78 is 0. The van der Waals surface area contributed by atoms with Crippen LogP contribution >= 0.6 is 0 Å². The van der Waals surface area contributed by atoms with E-state index >= 15 is 0 Å². The molecule has 0 fully saturated rings. The number of hydrogen-bond acceptors (Lipinski definition) is 8. The summed E-state index contributed by atoms with van der Waals surface area (Å²) in [7, 11) is 1.52. The lowest BCUT2D eigenvalue weighted by atomic mass is 9.96. The minimum absolute atomic E-state index is 0.0228. The van der Waals surface area contributed by atoms with Gasteiger partial charge in [-0.2, -0.15) is 0 Å². The molecule has 2 aromatic rings. The van der Waals surface area contributed by atoms with Crippen molar-refractivity contribution < 1.29 is 19.6 Å². The predicted molar refractivity (Wildman–Crippen MR) is 170 cm³/mol. The van der Waals surface area contributed by atoms with Crippen molar-refractivity contribution in [3.8, 4) is 0 Å². The molecule has 8 nitrogen and oxygen atoms in total. The molecule has 2 atom stereocenters. The fourth-order valence-electron chi connectivity index (χ4n) is 3.88. The first-order valence-corrected chi connectivity index (χ1v) is 14.1. The van der Waals surface area contributed by atoms with Crippen LogP contribution in [0.5, 0.6) is 0 Å². The zero-order valence-corrected chi connectivity index (χ0v) is 26.3. The molecule has 4 N–H and O–H groups in total. The normalized spacial score (nSPS) is 13.5. The largest absolute Gasteiger partial charge is 0.511 e. The topological polar surface area (TPSA) is 119 Å². The highest BCUT2D eigenvalue weighted by atomic mass is 16.6. The summed E-state index contributed by atoms with van der Waals surface area (Å²) in [5.41, 5.74) is 11.8. The lowest BCUT2D eigenvalue weighted by molar-refractivity contribution is -0.123. The van der Waals surface area contributed by atoms with E-state index in [9.17, 15) is 9.90 Å². The first-order chi connectivity index (χ1) is 19.2. The van der Waals surface area contributed by atoms with Crippen molar-refractivity contribution in [1.82, 2.24) is 5.32 Å². The average Bonchev–Trinajstić information content (AvgIpc) is 2.91. The van der Waals surface area contributed by atoms with E-state index in [1.807, 2.05) is 104 Å². The fraction of sp³-hybridized carbons (Fsp3) is 0.485. The number of carbonyl (C=O) groups is 1. The third-order valence-electron chi connectivity index (χ3n) is 6.14. The van der Waals surface area contributed by atoms with Crippen molar-refractivity contribution in [2.75, 3.05) is 7.11 Å². The molecule has 0 aromatic heterocycles. The van der Waals surface area contributed by atoms with Crippen LogP contribution in [-0.4, -0.2) is 53.7 Å². The van der Waals surface area contributed by atoms with Gasteiger partial charge in [-0.25, -0.2) is 0 Å². The van der Waals surface area contributed by atoms with Gasteiger partial charge in [0.05, 0.1) is 23.5 Å². The molecule has 41 heavy (non-hydrogen) atoms. The number of nitrogens with zero attached hydrogens (tertiary/aromatic N) is 2. The first kappa shape index (κ1) is 35.5. The maximum Gasteiger partial charge on any atom is 0.152 e. The summed E-state index contributed by atoms with van der Waals surface area (Å²) in [5.74, 6) is 0.243. The van der Waals surface area contributed by atoms with Crippen LogP contribution in [0.4, 0.5) is 0 Å². The molecule has 8 heteroatoms. The Kier molecular flexibility index (Phi) is 15.6. The minimum Gasteiger partial charge on any atom is -0.511 e. The van der Waals surface area contributed by atoms with Gasteiger partial charge in [-0.05, 0) is 62.8 Å². The summed E-state index contributed by atoms with van der Waals surface area (Å²) in [6.07, 6.45) is 1.34. The van der Waals surface area contributed by atoms with E-state index in [1.54, 1.807) is 0 Å². The van der Waals surface area contributed by atoms with Gasteiger partial charge in [0.1, 0.15) is 19.0 Å². The zero-order valence-electron chi connectivity index (χ0n) is 26.3. The van der Waals surface area contributed by atoms with E-state index in [0.29, 0.717) is 12.8 Å². The van der Waals surface area contributed by atoms with Crippen molar-refractivity contribution in [2.45, 2.75) is 92.5 Å². The van der Waals surface area contributed by atoms with Crippen molar-refractivity contribution in [3.63, 3.8) is 0 Å². The van der Waals surface area contributed by atoms with Crippen LogP contribution in [0.1, 0.15) is 77.6 Å². The molecule has 0 aliphatic carbocycles. The molecule has 0 spiro atoms. The molecule has 0 aliphatic rings. The van der Waals surface area contributed by atoms with Crippen molar-refractivity contribution in [1.29, 1.82) is 0 Å². The standard InChI is InChI=1S/C18H28N2O2.C15H22N2O2/c1-12(2)19-18(15(6)21)11-16-7-9-17(10-8-16)14(5)20-22-13(3)4;1-10(2)15(18)14(16)9-12-5-7-13(8-6-12)11(3)17-19-4/h7-10,12-13,18-19,21H,6,11H2,1-5H3;5-8,10,14H,9,16H2,1-4H3/b20-14-;17-11-. The molecule has 226 valence electrons. The van der Waals surface area contributed by atoms with Gasteiger partial charge in [0.25, 0.3) is 0 Å². The van der Waals surface area contributed by atoms with E-state index in [4.69, 9.17) is 15.4 Å². The summed E-state index contributed by atoms with van der Waals surface area (Å²) in [4.78, 5) is 21.7. The van der Waals surface area contributed by atoms with Gasteiger partial charge in [0.15, 0.2) is 5.78 Å². The third kappa shape index (κ3) is 13.6. The van der Waals surface area contributed by atoms with Crippen LogP contribution in [0, 0.1) is 5.92 Å². The van der Waals surface area contributed by atoms with Crippen LogP contribution in [-0.2, 0) is 27.3 Å². The van der Waals surface area contributed by atoms with Crippen LogP contribution in [0.25, 0.3) is 0 Å². The lowest BCUT2D eigenvalue weighted by Crippen LogP contribution is -2.37. The second-order valence-electron chi connectivity index (χ2n) is 11.0. The van der Waals surface area contributed by atoms with Gasteiger partial charge in [-0.1, -0.05) is 93.1 Å². The molecule has 2 unspecified atom stereocenters. The second-order valence-corrected chi connectivity index (χ2v) is 11.0. The van der Waals surface area contributed by atoms with Gasteiger partial charge in [0, 0.05) is 12.0 Å². The minimum atomic E-state index is -0.431. The number of Topliss-reactive ketones (excluding diaryl/α,β-unsaturated/α-hetero) is 1. The zero-order chi connectivity index (χ0) is 31.1. The molecule has 2 aromatic carbocycles. The third-order valence-corrected chi connectivity index (χ3v) is 6.14. The number of benzene rings is 2. The molecular formula is C33H50N4O4. The maximum atomic E-state index is 11.7. The molecule has 0 radical (unpaired) electrons. The van der Waals surface area contributed by atoms with E-state index in [1.165, 1.54) is 7.11 Å². The SMILES string of the molecule is C=C(O)C(Cc1ccc(/C(C)=N\OC(C)C)cc1)NC(C)C.CO/N=C(/C)c1ccc(CC(N)C(=O)C(C)C)cc1. The van der Waals surface area contributed by atoms with Crippen molar-refractivity contribution >= 4 is 17.2 Å². The Morgan fingerprint density at radius 2 is 1.34 bits per heavy atom. The number of aliphatic hydroxyl groups excluding tert-OH is 1. The molecule has 0 amide bonds. The van der Waals surface area contributed by atoms with Crippen LogP contribution in [0.2, 0.25) is 0 Å². The van der Waals surface area contributed by atoms with Gasteiger partial charge < -0.3 is 25.8 Å². The number of nitrogens with two attached hydrogens (primary N) is 1. The smallest absolute Gasteiger partial charge is 0.152 e. The quantitative estimate of drug-likeness (QED) is 0.147. The number of ketones is 1. The highest BCUT2D eigenvalue weighted by molar-refractivity contribution is 5.98. The van der Waals surface area contributed by atoms with Gasteiger partial charge >= 0.3 is 0 Å². The maximum absolute atomic E-state index is 11.7. The Morgan fingerprint density at radius 1 is 0.878 bits per heavy atom. The number of rotatable bonds is 14. The van der Waals surface area contributed by atoms with E-state index in [0.717, 1.165) is 33.7 Å². The van der Waals surface area contributed by atoms with Gasteiger partial charge in [0.2, 0.25) is 0 Å². The number of carbonyl (C=O) groups excluding carboxylic acids is 1. The fourth-order valence-corrected chi connectivity index (χ4v) is 3.88. The van der Waals surface area contributed by atoms with E-state index < -0.39 is 6.04 Å². The van der Waals surface area contributed by atoms with E-state index in [2.05, 4.69) is 22.2 Å². The lowest BCUT2D eigenvalue weighted by Gasteiger charge is -2.20. The summed E-state index contributed by atoms with van der Waals surface area (Å²) in [6.45, 7) is 19.2. The molecular weight excluding hydrogens is 516 g/mol. The molecule has 0 heterocycles. The average molecular weight is 567 g/mol. The Labute approximate surface area is 246 Å². The molecule has 0 bridgehead atoms. The van der Waals surface area contributed by atoms with Crippen molar-refractivity contribution in [2.24, 2.45) is 22.0 Å². The number of hydrogen-bond donors (Lipinski definition) is 3. The number of nitrogens with one attached hydrogen (secondary N) is 1. The summed E-state index contributed by atoms with van der Waals surface area (Å²) in [5, 5.41) is 21.0. The summed E-state index contributed by atoms with van der Waals surface area (Å²) >= 11 is 0. The predicted octanol–water partition coefficient (Wildman–Crippen LogP) is 5.97. The second kappa shape index (κ2) is 18.0. The van der Waals surface area contributed by atoms with Gasteiger partial charge in [-0.3, -0.25) is 4.79 Å². The number of aliphatic hydroxyl groups is 1. The van der Waals surface area contributed by atoms with Crippen LogP contribution in [0.15, 0.2) is 71.2 Å². The highest BCUT2D eigenvalue weighted by Gasteiger charge is 2.17. The van der Waals surface area contributed by atoms with E-state index in [-0.39, 0.29) is 35.6 Å². The first-order valence-electron chi connectivity index (χ1n) is 14.1. The Hall–Kier alpha value is -3.49. The highest BCUT2D eigenvalue weighted by Crippen LogP contribution is 2.12. The van der Waals surface area contributed by atoms with Crippen LogP contribution in [0.3, 0.4) is 0 Å². The molecule has 0 saturated heterocycles. The Balaban J connectivity index is 0.000000414. The molecule has 0 aliphatic heterocycles. The van der Waals surface area contributed by atoms with Crippen LogP contribution < -0.4 is 11.1 Å². The molecule has 2 rings (SSSR count). The Bertz CT molecular complexity index is 1140. The van der Waals surface area contributed by atoms with Crippen molar-refractivity contribution in [3.05, 3.63) is 83.1 Å². The van der Waals surface area contributed by atoms with Gasteiger partial charge in [-0.15, -0.1) is 0 Å². The summed E-state index contributed by atoms with van der Waals surface area (Å²) in [6, 6.07) is 15.7. The molecule has 0 saturated carbocycles. The monoisotopic (exact) mass is 566 g/mol. The Morgan fingerprint density at radius 3 is 1.73 bits per heavy atom. The number of oxime groups is 2.